The van der Waals surface area contributed by atoms with Crippen LogP contribution in [0.2, 0.25) is 0 Å². The highest BCUT2D eigenvalue weighted by Gasteiger charge is 2.11. The number of hydrogen-bond donors (Lipinski definition) is 3. The molecule has 1 aromatic carbocycles. The summed E-state index contributed by atoms with van der Waals surface area (Å²) in [5.74, 6) is -1.28. The average Bonchev–Trinajstić information content (AvgIpc) is 3.38. The van der Waals surface area contributed by atoms with Gasteiger partial charge in [0.2, 0.25) is 5.91 Å². The number of rotatable bonds is 7. The van der Waals surface area contributed by atoms with Gasteiger partial charge in [-0.15, -0.1) is 0 Å². The van der Waals surface area contributed by atoms with E-state index in [1.54, 1.807) is 12.2 Å². The molecule has 0 saturated carbocycles. The lowest BCUT2D eigenvalue weighted by atomic mass is 10.1. The number of carbonyl (C=O) groups excluding carboxylic acids is 2. The van der Waals surface area contributed by atoms with Crippen molar-refractivity contribution < 1.29 is 14.0 Å². The minimum atomic E-state index is -0.525. The van der Waals surface area contributed by atoms with Crippen LogP contribution in [0.1, 0.15) is 57.3 Å². The predicted molar refractivity (Wildman–Crippen MR) is 152 cm³/mol. The van der Waals surface area contributed by atoms with Gasteiger partial charge in [0.25, 0.3) is 5.91 Å². The lowest BCUT2D eigenvalue weighted by Crippen LogP contribution is -2.20. The number of nitrogens with zero attached hydrogens (tertiary/aromatic N) is 1. The Labute approximate surface area is 216 Å². The van der Waals surface area contributed by atoms with Crippen molar-refractivity contribution in [3.8, 4) is 0 Å². The maximum absolute atomic E-state index is 12.9. The van der Waals surface area contributed by atoms with Crippen LogP contribution in [-0.4, -0.2) is 43.2 Å². The summed E-state index contributed by atoms with van der Waals surface area (Å²) in [6.07, 6.45) is 18.6. The van der Waals surface area contributed by atoms with Crippen LogP contribution >= 0.6 is 0 Å². The maximum atomic E-state index is 12.9. The number of carbonyl (C=O) groups is 2. The van der Waals surface area contributed by atoms with Crippen LogP contribution in [0, 0.1) is 11.2 Å². The van der Waals surface area contributed by atoms with E-state index in [4.69, 9.17) is 5.41 Å². The Morgan fingerprint density at radius 2 is 1.69 bits per heavy atom. The summed E-state index contributed by atoms with van der Waals surface area (Å²) >= 11 is 0. The zero-order valence-corrected chi connectivity index (χ0v) is 22.4. The largest absolute Gasteiger partial charge is 0.363 e. The minimum Gasteiger partial charge on any atom is -0.363 e. The third kappa shape index (κ3) is 19.7. The van der Waals surface area contributed by atoms with Crippen molar-refractivity contribution in [2.24, 2.45) is 0 Å². The van der Waals surface area contributed by atoms with E-state index in [9.17, 15) is 14.0 Å². The van der Waals surface area contributed by atoms with Crippen molar-refractivity contribution in [3.05, 3.63) is 90.8 Å². The summed E-state index contributed by atoms with van der Waals surface area (Å²) in [5, 5.41) is 11.6. The molecule has 6 nitrogen and oxygen atoms in total. The van der Waals surface area contributed by atoms with Crippen molar-refractivity contribution in [1.29, 1.82) is 5.41 Å². The number of likely N-dealkylation sites (tertiary alicyclic amines) is 1. The molecule has 0 unspecified atom stereocenters. The van der Waals surface area contributed by atoms with E-state index in [2.05, 4.69) is 50.6 Å². The van der Waals surface area contributed by atoms with Crippen molar-refractivity contribution >= 4 is 23.8 Å². The van der Waals surface area contributed by atoms with E-state index in [1.165, 1.54) is 50.9 Å². The van der Waals surface area contributed by atoms with Gasteiger partial charge in [0.05, 0.1) is 17.6 Å². The molecule has 3 N–H and O–H groups in total. The number of benzene rings is 1. The van der Waals surface area contributed by atoms with Gasteiger partial charge in [-0.05, 0) is 51.3 Å². The summed E-state index contributed by atoms with van der Waals surface area (Å²) in [6.45, 7) is 16.8. The normalized spacial score (nSPS) is 11.6. The van der Waals surface area contributed by atoms with E-state index < -0.39 is 11.7 Å². The number of nitrogens with one attached hydrogen (secondary N) is 3. The van der Waals surface area contributed by atoms with Crippen LogP contribution < -0.4 is 10.6 Å². The first-order valence-electron chi connectivity index (χ1n) is 11.9. The number of allylic oxidation sites excluding steroid dienone is 8. The molecule has 1 saturated heterocycles. The van der Waals surface area contributed by atoms with Crippen LogP contribution in [0.25, 0.3) is 0 Å². The van der Waals surface area contributed by atoms with Crippen LogP contribution in [0.15, 0.2) is 79.5 Å². The first-order chi connectivity index (χ1) is 17.2. The molecule has 1 aliphatic heterocycles. The first-order valence-corrected chi connectivity index (χ1v) is 11.9. The molecule has 1 aromatic rings. The Bertz CT molecular complexity index is 895. The molecule has 2 amide bonds. The molecule has 1 heterocycles. The standard InChI is InChI=1S/C10H11FN2O2.C8H12.C6H10.C5H10N2/c1-6(14)13-9-4-3-7(11)5-8(9)10(15)12-2;1-4-5-6-7-8(2)3;1-3-5-6-4-2;6-5-7-3-1-2-4-7/h3-5H,1-2H3,(H,12,15)(H,13,14);4-7H,1H2,2-3H3;3,5-6H,1,4H2,2H3;5-6H,1-4H2/b;2*6-5-;. The van der Waals surface area contributed by atoms with Crippen molar-refractivity contribution in [2.75, 3.05) is 25.5 Å². The Hall–Kier alpha value is -3.74. The summed E-state index contributed by atoms with van der Waals surface area (Å²) < 4.78 is 12.9. The van der Waals surface area contributed by atoms with Crippen LogP contribution in [0.5, 0.6) is 0 Å². The molecule has 36 heavy (non-hydrogen) atoms. The summed E-state index contributed by atoms with van der Waals surface area (Å²) in [4.78, 5) is 24.2. The number of amides is 2. The van der Waals surface area contributed by atoms with Crippen molar-refractivity contribution in [3.63, 3.8) is 0 Å². The van der Waals surface area contributed by atoms with Crippen LogP contribution in [-0.2, 0) is 4.79 Å². The molecule has 0 aromatic heterocycles. The number of anilines is 1. The zero-order valence-electron chi connectivity index (χ0n) is 22.4. The van der Waals surface area contributed by atoms with Gasteiger partial charge < -0.3 is 15.5 Å². The van der Waals surface area contributed by atoms with Crippen molar-refractivity contribution in [1.82, 2.24) is 10.2 Å². The average molecular weight is 499 g/mol. The van der Waals surface area contributed by atoms with E-state index in [0.29, 0.717) is 5.69 Å². The maximum Gasteiger partial charge on any atom is 0.253 e. The molecule has 0 radical (unpaired) electrons. The summed E-state index contributed by atoms with van der Waals surface area (Å²) in [7, 11) is 1.44. The molecule has 0 aliphatic carbocycles. The topological polar surface area (TPSA) is 85.3 Å². The van der Waals surface area contributed by atoms with Crippen molar-refractivity contribution in [2.45, 2.75) is 47.0 Å². The molecular formula is C29H43FN4O2. The van der Waals surface area contributed by atoms with E-state index in [1.807, 2.05) is 29.2 Å². The fourth-order valence-electron chi connectivity index (χ4n) is 2.57. The molecule has 0 spiro atoms. The molecular weight excluding hydrogens is 455 g/mol. The highest BCUT2D eigenvalue weighted by atomic mass is 19.1. The first kappa shape index (κ1) is 34.4. The van der Waals surface area contributed by atoms with Gasteiger partial charge in [-0.25, -0.2) is 4.39 Å². The fourth-order valence-corrected chi connectivity index (χ4v) is 2.57. The lowest BCUT2D eigenvalue weighted by Gasteiger charge is -2.08. The molecule has 1 fully saturated rings. The molecule has 0 atom stereocenters. The van der Waals surface area contributed by atoms with Gasteiger partial charge in [0.15, 0.2) is 0 Å². The predicted octanol–water partition coefficient (Wildman–Crippen LogP) is 6.67. The number of halogens is 1. The molecule has 0 bridgehead atoms. The highest BCUT2D eigenvalue weighted by molar-refractivity contribution is 6.03. The van der Waals surface area contributed by atoms with E-state index in [0.717, 1.165) is 25.6 Å². The molecule has 2 rings (SSSR count). The summed E-state index contributed by atoms with van der Waals surface area (Å²) in [6, 6.07) is 3.60. The van der Waals surface area contributed by atoms with Gasteiger partial charge >= 0.3 is 0 Å². The Kier molecular flexibility index (Phi) is 22.0. The Morgan fingerprint density at radius 3 is 2.08 bits per heavy atom. The SMILES string of the molecule is C=C/C=C\C=C(C)C.C=C/C=C\CC.CNC(=O)c1cc(F)ccc1NC(C)=O.N=CN1CCCC1. The highest BCUT2D eigenvalue weighted by Crippen LogP contribution is 2.16. The Morgan fingerprint density at radius 1 is 1.08 bits per heavy atom. The smallest absolute Gasteiger partial charge is 0.253 e. The third-order valence-corrected chi connectivity index (χ3v) is 4.27. The van der Waals surface area contributed by atoms with Crippen LogP contribution in [0.4, 0.5) is 10.1 Å². The number of hydrogen-bond acceptors (Lipinski definition) is 3. The second kappa shape index (κ2) is 23.0. The third-order valence-electron chi connectivity index (χ3n) is 4.27. The monoisotopic (exact) mass is 498 g/mol. The van der Waals surface area contributed by atoms with Crippen LogP contribution in [0.3, 0.4) is 0 Å². The van der Waals surface area contributed by atoms with Gasteiger partial charge in [0, 0.05) is 27.1 Å². The fraction of sp³-hybridized carbons (Fsp3) is 0.345. The molecule has 198 valence electrons. The Balaban J connectivity index is 0. The second-order valence-electron chi connectivity index (χ2n) is 7.76. The summed E-state index contributed by atoms with van der Waals surface area (Å²) in [5.41, 5.74) is 1.71. The van der Waals surface area contributed by atoms with Gasteiger partial charge in [-0.2, -0.15) is 0 Å². The lowest BCUT2D eigenvalue weighted by molar-refractivity contribution is -0.114. The van der Waals surface area contributed by atoms with Gasteiger partial charge in [-0.1, -0.05) is 68.2 Å². The zero-order chi connectivity index (χ0) is 27.8. The van der Waals surface area contributed by atoms with Gasteiger partial charge in [-0.3, -0.25) is 15.0 Å². The second-order valence-corrected chi connectivity index (χ2v) is 7.76. The molecule has 1 aliphatic rings. The quantitative estimate of drug-likeness (QED) is 0.223. The molecule has 7 heteroatoms. The van der Waals surface area contributed by atoms with Gasteiger partial charge in [0.1, 0.15) is 5.82 Å². The minimum absolute atomic E-state index is 0.104. The van der Waals surface area contributed by atoms with E-state index in [-0.39, 0.29) is 11.5 Å². The van der Waals surface area contributed by atoms with E-state index >= 15 is 0 Å².